The van der Waals surface area contributed by atoms with Crippen LogP contribution in [0.15, 0.2) is 17.0 Å². The molecular weight excluding hydrogens is 291 g/mol. The minimum absolute atomic E-state index is 0.00604. The van der Waals surface area contributed by atoms with Crippen LogP contribution in [0.25, 0.3) is 0 Å². The van der Waals surface area contributed by atoms with Crippen molar-refractivity contribution in [2.24, 2.45) is 0 Å². The number of rotatable bonds is 5. The van der Waals surface area contributed by atoms with Gasteiger partial charge in [0, 0.05) is 40.1 Å². The zero-order chi connectivity index (χ0) is 14.8. The van der Waals surface area contributed by atoms with Crippen molar-refractivity contribution in [3.8, 4) is 0 Å². The fourth-order valence-corrected chi connectivity index (χ4v) is 4.09. The van der Waals surface area contributed by atoms with Gasteiger partial charge in [0.2, 0.25) is 10.0 Å². The third-order valence-corrected chi connectivity index (χ3v) is 5.13. The summed E-state index contributed by atoms with van der Waals surface area (Å²) >= 11 is 0. The number of nitrogens with one attached hydrogen (secondary N) is 1. The molecule has 0 saturated heterocycles. The Balaban J connectivity index is 3.11. The third kappa shape index (κ3) is 4.26. The molecule has 1 rings (SSSR count). The Labute approximate surface area is 114 Å². The zero-order valence-electron chi connectivity index (χ0n) is 10.9. The van der Waals surface area contributed by atoms with Gasteiger partial charge in [-0.3, -0.25) is 4.21 Å². The van der Waals surface area contributed by atoms with Gasteiger partial charge in [0.25, 0.3) is 0 Å². The Morgan fingerprint density at radius 2 is 2.05 bits per heavy atom. The average molecular weight is 308 g/mol. The predicted molar refractivity (Wildman–Crippen MR) is 74.3 cm³/mol. The molecule has 0 aliphatic carbocycles. The van der Waals surface area contributed by atoms with Crippen LogP contribution in [0.5, 0.6) is 0 Å². The van der Waals surface area contributed by atoms with Gasteiger partial charge in [-0.2, -0.15) is 0 Å². The summed E-state index contributed by atoms with van der Waals surface area (Å²) in [4.78, 5) is -0.196. The Morgan fingerprint density at radius 1 is 1.47 bits per heavy atom. The van der Waals surface area contributed by atoms with Crippen molar-refractivity contribution in [1.29, 1.82) is 0 Å². The average Bonchev–Trinajstić information content (AvgIpc) is 2.20. The molecule has 0 aliphatic rings. The van der Waals surface area contributed by atoms with E-state index in [0.29, 0.717) is 0 Å². The molecule has 0 aliphatic heterocycles. The van der Waals surface area contributed by atoms with Gasteiger partial charge in [-0.05, 0) is 26.0 Å². The van der Waals surface area contributed by atoms with Gasteiger partial charge in [-0.1, -0.05) is 0 Å². The maximum atomic E-state index is 13.5. The summed E-state index contributed by atoms with van der Waals surface area (Å²) < 4.78 is 51.1. The van der Waals surface area contributed by atoms with Gasteiger partial charge in [0.05, 0.1) is 4.90 Å². The van der Waals surface area contributed by atoms with Gasteiger partial charge in [0.1, 0.15) is 5.82 Å². The second kappa shape index (κ2) is 5.98. The lowest BCUT2D eigenvalue weighted by Gasteiger charge is -2.15. The molecule has 108 valence electrons. The first-order chi connectivity index (χ1) is 8.63. The van der Waals surface area contributed by atoms with Crippen molar-refractivity contribution in [2.45, 2.75) is 24.8 Å². The quantitative estimate of drug-likeness (QED) is 0.786. The highest BCUT2D eigenvalue weighted by atomic mass is 32.2. The first-order valence-corrected chi connectivity index (χ1v) is 8.72. The van der Waals surface area contributed by atoms with E-state index in [-0.39, 0.29) is 21.9 Å². The molecule has 0 saturated carbocycles. The summed E-state index contributed by atoms with van der Waals surface area (Å²) in [5, 5.41) is 0. The second-order valence-electron chi connectivity index (χ2n) is 4.39. The first kappa shape index (κ1) is 16.1. The van der Waals surface area contributed by atoms with Gasteiger partial charge in [-0.15, -0.1) is 0 Å². The highest BCUT2D eigenvalue weighted by Crippen LogP contribution is 2.21. The van der Waals surface area contributed by atoms with Gasteiger partial charge in [-0.25, -0.2) is 17.5 Å². The molecule has 0 heterocycles. The van der Waals surface area contributed by atoms with E-state index in [4.69, 9.17) is 5.73 Å². The fourth-order valence-electron chi connectivity index (χ4n) is 1.67. The standard InChI is InChI=1S/C11H17FN2O3S2/c1-7(6-18(3)15)14-19(16,17)11-5-9(13)4-10(12)8(11)2/h4-5,7,14H,6,13H2,1-3H3. The Bertz CT molecular complexity index is 602. The molecule has 3 N–H and O–H groups in total. The van der Waals surface area contributed by atoms with Crippen LogP contribution < -0.4 is 10.5 Å². The summed E-state index contributed by atoms with van der Waals surface area (Å²) in [6.45, 7) is 2.96. The zero-order valence-corrected chi connectivity index (χ0v) is 12.6. The molecule has 0 amide bonds. The molecule has 8 heteroatoms. The van der Waals surface area contributed by atoms with Gasteiger partial charge >= 0.3 is 0 Å². The van der Waals surface area contributed by atoms with Crippen LogP contribution >= 0.6 is 0 Å². The van der Waals surface area contributed by atoms with E-state index < -0.39 is 32.7 Å². The van der Waals surface area contributed by atoms with Crippen LogP contribution in [0, 0.1) is 12.7 Å². The molecule has 1 aromatic rings. The molecule has 0 aromatic heterocycles. The maximum Gasteiger partial charge on any atom is 0.241 e. The third-order valence-electron chi connectivity index (χ3n) is 2.45. The SMILES string of the molecule is Cc1c(F)cc(N)cc1S(=O)(=O)NC(C)CS(C)=O. The summed E-state index contributed by atoms with van der Waals surface area (Å²) in [7, 11) is -5.01. The van der Waals surface area contributed by atoms with Crippen LogP contribution in [-0.2, 0) is 20.8 Å². The van der Waals surface area contributed by atoms with Crippen LogP contribution in [0.1, 0.15) is 12.5 Å². The van der Waals surface area contributed by atoms with Crippen molar-refractivity contribution in [3.05, 3.63) is 23.5 Å². The lowest BCUT2D eigenvalue weighted by atomic mass is 10.2. The molecule has 2 unspecified atom stereocenters. The number of hydrogen-bond acceptors (Lipinski definition) is 4. The summed E-state index contributed by atoms with van der Waals surface area (Å²) in [6, 6.07) is 1.76. The smallest absolute Gasteiger partial charge is 0.241 e. The summed E-state index contributed by atoms with van der Waals surface area (Å²) in [5.74, 6) is -0.490. The maximum absolute atomic E-state index is 13.5. The van der Waals surface area contributed by atoms with Crippen molar-refractivity contribution in [1.82, 2.24) is 4.72 Å². The van der Waals surface area contributed by atoms with Gasteiger partial charge < -0.3 is 5.73 Å². The Morgan fingerprint density at radius 3 is 2.58 bits per heavy atom. The predicted octanol–water partition coefficient (Wildman–Crippen LogP) is 0.762. The van der Waals surface area contributed by atoms with Crippen LogP contribution in [-0.4, -0.2) is 30.7 Å². The minimum atomic E-state index is -3.89. The van der Waals surface area contributed by atoms with E-state index >= 15 is 0 Å². The highest BCUT2D eigenvalue weighted by molar-refractivity contribution is 7.89. The molecule has 0 fully saturated rings. The topological polar surface area (TPSA) is 89.3 Å². The number of anilines is 1. The second-order valence-corrected chi connectivity index (χ2v) is 7.55. The number of hydrogen-bond donors (Lipinski definition) is 2. The number of halogens is 1. The van der Waals surface area contributed by atoms with Crippen molar-refractivity contribution in [2.75, 3.05) is 17.7 Å². The van der Waals surface area contributed by atoms with E-state index in [1.807, 2.05) is 0 Å². The van der Waals surface area contributed by atoms with E-state index in [0.717, 1.165) is 6.07 Å². The molecule has 1 aromatic carbocycles. The Hall–Kier alpha value is -0.990. The lowest BCUT2D eigenvalue weighted by molar-refractivity contribution is 0.564. The number of nitrogens with two attached hydrogens (primary N) is 1. The normalized spacial score (nSPS) is 15.2. The fraction of sp³-hybridized carbons (Fsp3) is 0.455. The first-order valence-electron chi connectivity index (χ1n) is 5.51. The van der Waals surface area contributed by atoms with E-state index in [1.54, 1.807) is 6.92 Å². The monoisotopic (exact) mass is 308 g/mol. The van der Waals surface area contributed by atoms with Crippen LogP contribution in [0.4, 0.5) is 10.1 Å². The van der Waals surface area contributed by atoms with E-state index in [2.05, 4.69) is 4.72 Å². The van der Waals surface area contributed by atoms with E-state index in [9.17, 15) is 17.0 Å². The molecule has 0 radical (unpaired) electrons. The van der Waals surface area contributed by atoms with Crippen LogP contribution in [0.3, 0.4) is 0 Å². The molecule has 0 spiro atoms. The molecule has 19 heavy (non-hydrogen) atoms. The van der Waals surface area contributed by atoms with Crippen molar-refractivity contribution >= 4 is 26.5 Å². The minimum Gasteiger partial charge on any atom is -0.399 e. The number of nitrogen functional groups attached to an aromatic ring is 1. The van der Waals surface area contributed by atoms with Crippen molar-refractivity contribution in [3.63, 3.8) is 0 Å². The van der Waals surface area contributed by atoms with Gasteiger partial charge in [0.15, 0.2) is 0 Å². The molecular formula is C11H17FN2O3S2. The summed E-state index contributed by atoms with van der Waals surface area (Å²) in [6.07, 6.45) is 1.48. The Kier molecular flexibility index (Phi) is 5.05. The summed E-state index contributed by atoms with van der Waals surface area (Å²) in [5.41, 5.74) is 5.50. The molecule has 0 bridgehead atoms. The van der Waals surface area contributed by atoms with Crippen molar-refractivity contribution < 1.29 is 17.0 Å². The van der Waals surface area contributed by atoms with E-state index in [1.165, 1.54) is 19.2 Å². The number of sulfonamides is 1. The lowest BCUT2D eigenvalue weighted by Crippen LogP contribution is -2.36. The molecule has 5 nitrogen and oxygen atoms in total. The highest BCUT2D eigenvalue weighted by Gasteiger charge is 2.22. The number of benzene rings is 1. The molecule has 2 atom stereocenters. The largest absolute Gasteiger partial charge is 0.399 e. The van der Waals surface area contributed by atoms with Crippen LogP contribution in [0.2, 0.25) is 0 Å².